The maximum Gasteiger partial charge on any atom is 0.338 e. The molecule has 1 aromatic carbocycles. The van der Waals surface area contributed by atoms with E-state index in [1.807, 2.05) is 26.8 Å². The maximum atomic E-state index is 12.2. The highest BCUT2D eigenvalue weighted by Gasteiger charge is 2.14. The number of nitrogens with zero attached hydrogens (tertiary/aromatic N) is 1. The van der Waals surface area contributed by atoms with E-state index in [0.717, 1.165) is 28.3 Å². The highest BCUT2D eigenvalue weighted by Crippen LogP contribution is 2.19. The highest BCUT2D eigenvalue weighted by molar-refractivity contribution is 7.14. The lowest BCUT2D eigenvalue weighted by Crippen LogP contribution is -2.13. The van der Waals surface area contributed by atoms with E-state index in [0.29, 0.717) is 22.8 Å². The standard InChI is InChI=1S/C21H21NO5S/c1-4-17-9-10-20(28-17)19(23)12-26-21(24)15-5-7-16(8-6-15)25-11-18-13(2)22-27-14(18)3/h5-10H,4,11-12H2,1-3H3. The van der Waals surface area contributed by atoms with Gasteiger partial charge in [-0.2, -0.15) is 0 Å². The van der Waals surface area contributed by atoms with Gasteiger partial charge in [0, 0.05) is 4.88 Å². The molecular weight excluding hydrogens is 378 g/mol. The molecule has 0 amide bonds. The number of esters is 1. The zero-order valence-electron chi connectivity index (χ0n) is 16.0. The Kier molecular flexibility index (Phi) is 6.26. The number of aromatic nitrogens is 1. The van der Waals surface area contributed by atoms with Gasteiger partial charge in [0.05, 0.1) is 21.7 Å². The Morgan fingerprint density at radius 3 is 2.46 bits per heavy atom. The van der Waals surface area contributed by atoms with Gasteiger partial charge in [0.15, 0.2) is 6.61 Å². The first-order chi connectivity index (χ1) is 13.5. The molecule has 0 aliphatic heterocycles. The van der Waals surface area contributed by atoms with Crippen molar-refractivity contribution >= 4 is 23.1 Å². The molecule has 0 aliphatic rings. The lowest BCUT2D eigenvalue weighted by molar-refractivity contribution is 0.0476. The molecule has 0 bridgehead atoms. The first-order valence-corrected chi connectivity index (χ1v) is 9.73. The van der Waals surface area contributed by atoms with Crippen LogP contribution in [0.4, 0.5) is 0 Å². The second-order valence-corrected chi connectivity index (χ2v) is 7.40. The summed E-state index contributed by atoms with van der Waals surface area (Å²) in [6.07, 6.45) is 0.877. The molecule has 3 rings (SSSR count). The smallest absolute Gasteiger partial charge is 0.338 e. The molecule has 0 unspecified atom stereocenters. The lowest BCUT2D eigenvalue weighted by Gasteiger charge is -2.07. The quantitative estimate of drug-likeness (QED) is 0.409. The minimum Gasteiger partial charge on any atom is -0.489 e. The maximum absolute atomic E-state index is 12.2. The topological polar surface area (TPSA) is 78.6 Å². The molecule has 7 heteroatoms. The monoisotopic (exact) mass is 399 g/mol. The summed E-state index contributed by atoms with van der Waals surface area (Å²) in [6, 6.07) is 10.3. The second-order valence-electron chi connectivity index (χ2n) is 6.23. The van der Waals surface area contributed by atoms with E-state index >= 15 is 0 Å². The van der Waals surface area contributed by atoms with Gasteiger partial charge in [-0.3, -0.25) is 4.79 Å². The lowest BCUT2D eigenvalue weighted by atomic mass is 10.2. The summed E-state index contributed by atoms with van der Waals surface area (Å²) in [4.78, 5) is 26.0. The van der Waals surface area contributed by atoms with Crippen LogP contribution in [-0.4, -0.2) is 23.5 Å². The van der Waals surface area contributed by atoms with Crippen molar-refractivity contribution in [1.82, 2.24) is 5.16 Å². The summed E-state index contributed by atoms with van der Waals surface area (Å²) < 4.78 is 15.9. The van der Waals surface area contributed by atoms with Crippen LogP contribution in [0.3, 0.4) is 0 Å². The van der Waals surface area contributed by atoms with Gasteiger partial charge in [0.1, 0.15) is 18.1 Å². The van der Waals surface area contributed by atoms with E-state index in [4.69, 9.17) is 14.0 Å². The third-order valence-corrected chi connectivity index (χ3v) is 5.54. The molecule has 2 heterocycles. The molecule has 28 heavy (non-hydrogen) atoms. The van der Waals surface area contributed by atoms with Crippen molar-refractivity contribution in [2.24, 2.45) is 0 Å². The van der Waals surface area contributed by atoms with Gasteiger partial charge < -0.3 is 14.0 Å². The van der Waals surface area contributed by atoms with Gasteiger partial charge in [-0.15, -0.1) is 11.3 Å². The summed E-state index contributed by atoms with van der Waals surface area (Å²) in [5.74, 6) is 0.591. The van der Waals surface area contributed by atoms with Crippen molar-refractivity contribution in [2.45, 2.75) is 33.8 Å². The van der Waals surface area contributed by atoms with Crippen LogP contribution >= 0.6 is 11.3 Å². The molecule has 2 aromatic heterocycles. The molecule has 0 aliphatic carbocycles. The molecule has 0 atom stereocenters. The number of ether oxygens (including phenoxy) is 2. The van der Waals surface area contributed by atoms with E-state index in [-0.39, 0.29) is 12.4 Å². The van der Waals surface area contributed by atoms with Crippen molar-refractivity contribution in [3.63, 3.8) is 0 Å². The van der Waals surface area contributed by atoms with E-state index in [1.54, 1.807) is 30.3 Å². The predicted molar refractivity (Wildman–Crippen MR) is 105 cm³/mol. The Morgan fingerprint density at radius 1 is 1.11 bits per heavy atom. The Labute approximate surface area is 167 Å². The fourth-order valence-electron chi connectivity index (χ4n) is 2.55. The van der Waals surface area contributed by atoms with Gasteiger partial charge in [-0.05, 0) is 56.7 Å². The SMILES string of the molecule is CCc1ccc(C(=O)COC(=O)c2ccc(OCc3c(C)noc3C)cc2)s1. The molecule has 146 valence electrons. The first kappa shape index (κ1) is 19.8. The number of benzene rings is 1. The number of rotatable bonds is 8. The van der Waals surface area contributed by atoms with Gasteiger partial charge in [0.25, 0.3) is 0 Å². The van der Waals surface area contributed by atoms with Crippen molar-refractivity contribution in [2.75, 3.05) is 6.61 Å². The summed E-state index contributed by atoms with van der Waals surface area (Å²) in [6.45, 7) is 5.78. The van der Waals surface area contributed by atoms with Gasteiger partial charge in [0.2, 0.25) is 5.78 Å². The highest BCUT2D eigenvalue weighted by atomic mass is 32.1. The van der Waals surface area contributed by atoms with Gasteiger partial charge in [-0.25, -0.2) is 4.79 Å². The summed E-state index contributed by atoms with van der Waals surface area (Å²) in [5, 5.41) is 3.89. The Hall–Kier alpha value is -2.93. The van der Waals surface area contributed by atoms with Gasteiger partial charge >= 0.3 is 5.97 Å². The zero-order chi connectivity index (χ0) is 20.1. The fourth-order valence-corrected chi connectivity index (χ4v) is 3.43. The largest absolute Gasteiger partial charge is 0.489 e. The molecular formula is C21H21NO5S. The average molecular weight is 399 g/mol. The molecule has 6 nitrogen and oxygen atoms in total. The van der Waals surface area contributed by atoms with Crippen molar-refractivity contribution < 1.29 is 23.6 Å². The van der Waals surface area contributed by atoms with Crippen LogP contribution < -0.4 is 4.74 Å². The number of hydrogen-bond acceptors (Lipinski definition) is 7. The Bertz CT molecular complexity index is 952. The Morgan fingerprint density at radius 2 is 1.86 bits per heavy atom. The van der Waals surface area contributed by atoms with Crippen LogP contribution in [0.5, 0.6) is 5.75 Å². The van der Waals surface area contributed by atoms with Crippen molar-refractivity contribution in [3.8, 4) is 5.75 Å². The van der Waals surface area contributed by atoms with E-state index < -0.39 is 5.97 Å². The van der Waals surface area contributed by atoms with Gasteiger partial charge in [-0.1, -0.05) is 12.1 Å². The molecule has 0 saturated carbocycles. The number of aryl methyl sites for hydroxylation is 3. The molecule has 0 fully saturated rings. The number of carbonyl (C=O) groups excluding carboxylic acids is 2. The minimum atomic E-state index is -0.544. The van der Waals surface area contributed by atoms with Crippen LogP contribution in [-0.2, 0) is 17.8 Å². The average Bonchev–Trinajstić information content (AvgIpc) is 3.31. The summed E-state index contributed by atoms with van der Waals surface area (Å²) >= 11 is 1.43. The second kappa shape index (κ2) is 8.84. The third-order valence-electron chi connectivity index (χ3n) is 4.27. The minimum absolute atomic E-state index is 0.197. The number of ketones is 1. The van der Waals surface area contributed by atoms with Crippen LogP contribution in [0.25, 0.3) is 0 Å². The molecule has 3 aromatic rings. The molecule has 0 N–H and O–H groups in total. The molecule has 0 spiro atoms. The number of hydrogen-bond donors (Lipinski definition) is 0. The van der Waals surface area contributed by atoms with Crippen LogP contribution in [0.2, 0.25) is 0 Å². The number of carbonyl (C=O) groups is 2. The fraction of sp³-hybridized carbons (Fsp3) is 0.286. The summed E-state index contributed by atoms with van der Waals surface area (Å²) in [7, 11) is 0. The van der Waals surface area contributed by atoms with Crippen LogP contribution in [0, 0.1) is 13.8 Å². The van der Waals surface area contributed by atoms with E-state index in [2.05, 4.69) is 5.16 Å². The van der Waals surface area contributed by atoms with E-state index in [9.17, 15) is 9.59 Å². The zero-order valence-corrected chi connectivity index (χ0v) is 16.8. The number of Topliss-reactive ketones (excluding diaryl/α,β-unsaturated/α-hetero) is 1. The predicted octanol–water partition coefficient (Wildman–Crippen LogP) is 4.53. The first-order valence-electron chi connectivity index (χ1n) is 8.91. The molecule has 0 radical (unpaired) electrons. The van der Waals surface area contributed by atoms with Crippen molar-refractivity contribution in [3.05, 3.63) is 68.7 Å². The van der Waals surface area contributed by atoms with E-state index in [1.165, 1.54) is 11.3 Å². The summed E-state index contributed by atoms with van der Waals surface area (Å²) in [5.41, 5.74) is 2.05. The van der Waals surface area contributed by atoms with Crippen LogP contribution in [0.15, 0.2) is 40.9 Å². The van der Waals surface area contributed by atoms with Crippen molar-refractivity contribution in [1.29, 1.82) is 0 Å². The van der Waals surface area contributed by atoms with Crippen LogP contribution in [0.1, 0.15) is 48.8 Å². The Balaban J connectivity index is 1.52. The normalized spacial score (nSPS) is 10.7. The number of thiophene rings is 1. The molecule has 0 saturated heterocycles. The third kappa shape index (κ3) is 4.67.